The molecule has 4 N–H and O–H groups in total. The molecule has 1 aromatic heterocycles. The lowest BCUT2D eigenvalue weighted by Gasteiger charge is -2.17. The first-order valence-corrected chi connectivity index (χ1v) is 12.7. The highest BCUT2D eigenvalue weighted by molar-refractivity contribution is 5.76. The third-order valence-corrected chi connectivity index (χ3v) is 5.72. The second-order valence-corrected chi connectivity index (χ2v) is 9.54. The molecular formula is C29H33F2N3O5. The summed E-state index contributed by atoms with van der Waals surface area (Å²) in [6.07, 6.45) is -0.197. The summed E-state index contributed by atoms with van der Waals surface area (Å²) in [5.41, 5.74) is 8.90. The number of halogens is 2. The van der Waals surface area contributed by atoms with E-state index in [1.807, 2.05) is 37.3 Å². The number of carbonyl (C=O) groups excluding carboxylic acids is 1. The molecule has 0 bridgehead atoms. The fraction of sp³-hybridized carbons (Fsp3) is 0.345. The van der Waals surface area contributed by atoms with Crippen molar-refractivity contribution in [3.05, 3.63) is 71.3 Å². The topological polar surface area (TPSA) is 124 Å². The summed E-state index contributed by atoms with van der Waals surface area (Å²) < 4.78 is 40.2. The highest BCUT2D eigenvalue weighted by Crippen LogP contribution is 2.32. The third kappa shape index (κ3) is 8.47. The van der Waals surface area contributed by atoms with Crippen molar-refractivity contribution >= 4 is 11.9 Å². The van der Waals surface area contributed by atoms with E-state index < -0.39 is 35.5 Å². The van der Waals surface area contributed by atoms with Crippen molar-refractivity contribution in [1.29, 1.82) is 0 Å². The van der Waals surface area contributed by atoms with E-state index in [4.69, 9.17) is 15.2 Å². The van der Waals surface area contributed by atoms with Crippen molar-refractivity contribution in [1.82, 2.24) is 10.3 Å². The van der Waals surface area contributed by atoms with Crippen LogP contribution in [0.3, 0.4) is 0 Å². The van der Waals surface area contributed by atoms with E-state index in [9.17, 15) is 23.5 Å². The van der Waals surface area contributed by atoms with Crippen molar-refractivity contribution < 1.29 is 33.0 Å². The number of carboxylic acid groups (broad SMARTS) is 1. The molecule has 2 aromatic carbocycles. The van der Waals surface area contributed by atoms with Crippen LogP contribution >= 0.6 is 0 Å². The van der Waals surface area contributed by atoms with E-state index in [-0.39, 0.29) is 30.5 Å². The molecule has 1 amide bonds. The second-order valence-electron chi connectivity index (χ2n) is 9.54. The zero-order chi connectivity index (χ0) is 28.5. The van der Waals surface area contributed by atoms with Crippen LogP contribution in [0.5, 0.6) is 17.5 Å². The number of aliphatic carboxylic acids is 1. The van der Waals surface area contributed by atoms with Crippen molar-refractivity contribution in [2.24, 2.45) is 11.7 Å². The first-order chi connectivity index (χ1) is 18.6. The van der Waals surface area contributed by atoms with Crippen LogP contribution in [0.25, 0.3) is 11.1 Å². The Bertz CT molecular complexity index is 1320. The molecule has 0 radical (unpaired) electrons. The molecule has 0 saturated heterocycles. The Morgan fingerprint density at radius 3 is 2.41 bits per heavy atom. The first kappa shape index (κ1) is 29.5. The predicted molar refractivity (Wildman–Crippen MR) is 142 cm³/mol. The van der Waals surface area contributed by atoms with Crippen LogP contribution in [0.1, 0.15) is 51.2 Å². The van der Waals surface area contributed by atoms with E-state index in [1.165, 1.54) is 0 Å². The number of amides is 1. The van der Waals surface area contributed by atoms with Crippen molar-refractivity contribution in [3.63, 3.8) is 0 Å². The maximum Gasteiger partial charge on any atom is 0.344 e. The number of aromatic nitrogens is 1. The number of pyridine rings is 1. The largest absolute Gasteiger partial charge is 0.479 e. The highest BCUT2D eigenvalue weighted by Gasteiger charge is 2.25. The van der Waals surface area contributed by atoms with Gasteiger partial charge in [0.1, 0.15) is 5.75 Å². The average molecular weight is 542 g/mol. The maximum absolute atomic E-state index is 14.7. The van der Waals surface area contributed by atoms with Gasteiger partial charge in [0.15, 0.2) is 17.7 Å². The standard InChI is InChI=1S/C29H33F2N3O5/c1-4-6-26(35)33-16-19-11-21(20-8-5-7-18(10-20)15-32)13-22(12-19)38-27-23(30)14-24(31)28(34-27)39-25(29(36)37)9-17(2)3/h5,7-8,10-14,17,25H,4,6,9,15-16,32H2,1-3H3,(H,33,35)(H,36,37)/t25-/m1/s1. The van der Waals surface area contributed by atoms with Crippen molar-refractivity contribution in [2.75, 3.05) is 0 Å². The Kier molecular flexibility index (Phi) is 10.3. The molecule has 10 heteroatoms. The third-order valence-electron chi connectivity index (χ3n) is 5.72. The van der Waals surface area contributed by atoms with E-state index in [0.717, 1.165) is 11.1 Å². The molecule has 0 aliphatic carbocycles. The number of nitrogens with two attached hydrogens (primary N) is 1. The monoisotopic (exact) mass is 541 g/mol. The normalized spacial score (nSPS) is 11.8. The summed E-state index contributed by atoms with van der Waals surface area (Å²) in [6.45, 7) is 6.02. The summed E-state index contributed by atoms with van der Waals surface area (Å²) in [5.74, 6) is -4.80. The van der Waals surface area contributed by atoms with Gasteiger partial charge in [0.25, 0.3) is 11.8 Å². The molecule has 3 aromatic rings. The Hall–Kier alpha value is -4.05. The van der Waals surface area contributed by atoms with Gasteiger partial charge in [-0.2, -0.15) is 4.98 Å². The van der Waals surface area contributed by atoms with Crippen LogP contribution in [0.15, 0.2) is 48.5 Å². The van der Waals surface area contributed by atoms with Gasteiger partial charge in [0.05, 0.1) is 0 Å². The molecule has 1 atom stereocenters. The van der Waals surface area contributed by atoms with Crippen LogP contribution in [0.2, 0.25) is 0 Å². The van der Waals surface area contributed by atoms with Crippen molar-refractivity contribution in [2.45, 2.75) is 59.2 Å². The van der Waals surface area contributed by atoms with E-state index in [2.05, 4.69) is 10.3 Å². The number of rotatable bonds is 13. The Morgan fingerprint density at radius 2 is 1.74 bits per heavy atom. The van der Waals surface area contributed by atoms with Crippen molar-refractivity contribution in [3.8, 4) is 28.6 Å². The average Bonchev–Trinajstić information content (AvgIpc) is 2.89. The summed E-state index contributed by atoms with van der Waals surface area (Å²) in [7, 11) is 0. The number of benzene rings is 2. The molecule has 1 heterocycles. The summed E-state index contributed by atoms with van der Waals surface area (Å²) in [4.78, 5) is 27.4. The van der Waals surface area contributed by atoms with Gasteiger partial charge in [0, 0.05) is 25.6 Å². The number of carboxylic acids is 1. The van der Waals surface area contributed by atoms with Gasteiger partial charge in [0.2, 0.25) is 5.91 Å². The fourth-order valence-electron chi connectivity index (χ4n) is 3.84. The van der Waals surface area contributed by atoms with Gasteiger partial charge in [-0.15, -0.1) is 0 Å². The summed E-state index contributed by atoms with van der Waals surface area (Å²) in [5, 5.41) is 12.3. The van der Waals surface area contributed by atoms with Crippen LogP contribution in [0.4, 0.5) is 8.78 Å². The van der Waals surface area contributed by atoms with Gasteiger partial charge in [-0.05, 0) is 65.3 Å². The maximum atomic E-state index is 14.7. The molecule has 3 rings (SSSR count). The Morgan fingerprint density at radius 1 is 1.03 bits per heavy atom. The zero-order valence-corrected chi connectivity index (χ0v) is 22.2. The van der Waals surface area contributed by atoms with Gasteiger partial charge >= 0.3 is 5.97 Å². The van der Waals surface area contributed by atoms with Gasteiger partial charge < -0.3 is 25.6 Å². The minimum absolute atomic E-state index is 0.0536. The fourth-order valence-corrected chi connectivity index (χ4v) is 3.84. The van der Waals surface area contributed by atoms with Crippen LogP contribution < -0.4 is 20.5 Å². The SMILES string of the molecule is CCCC(=O)NCc1cc(Oc2nc(O[C@H](CC(C)C)C(=O)O)c(F)cc2F)cc(-c2cccc(CN)c2)c1. The number of nitrogens with zero attached hydrogens (tertiary/aromatic N) is 1. The summed E-state index contributed by atoms with van der Waals surface area (Å²) >= 11 is 0. The van der Waals surface area contributed by atoms with Gasteiger partial charge in [-0.1, -0.05) is 39.0 Å². The molecule has 0 aliphatic heterocycles. The Balaban J connectivity index is 1.98. The smallest absolute Gasteiger partial charge is 0.344 e. The minimum Gasteiger partial charge on any atom is -0.479 e. The molecular weight excluding hydrogens is 508 g/mol. The zero-order valence-electron chi connectivity index (χ0n) is 22.2. The Labute approximate surface area is 226 Å². The molecule has 0 unspecified atom stereocenters. The number of nitrogens with one attached hydrogen (secondary N) is 1. The number of hydrogen-bond donors (Lipinski definition) is 3. The lowest BCUT2D eigenvalue weighted by Crippen LogP contribution is -2.29. The van der Waals surface area contributed by atoms with Crippen LogP contribution in [0, 0.1) is 17.6 Å². The quantitative estimate of drug-likeness (QED) is 0.258. The molecule has 0 saturated carbocycles. The molecule has 0 fully saturated rings. The minimum atomic E-state index is -1.37. The molecule has 208 valence electrons. The second kappa shape index (κ2) is 13.7. The van der Waals surface area contributed by atoms with Gasteiger partial charge in [-0.25, -0.2) is 13.6 Å². The van der Waals surface area contributed by atoms with Gasteiger partial charge in [-0.3, -0.25) is 4.79 Å². The van der Waals surface area contributed by atoms with Crippen LogP contribution in [-0.2, 0) is 22.7 Å². The molecule has 8 nitrogen and oxygen atoms in total. The van der Waals surface area contributed by atoms with E-state index in [0.29, 0.717) is 36.6 Å². The van der Waals surface area contributed by atoms with Crippen LogP contribution in [-0.4, -0.2) is 28.1 Å². The molecule has 0 aliphatic rings. The first-order valence-electron chi connectivity index (χ1n) is 12.7. The number of ether oxygens (including phenoxy) is 2. The van der Waals surface area contributed by atoms with E-state index >= 15 is 0 Å². The highest BCUT2D eigenvalue weighted by atomic mass is 19.1. The summed E-state index contributed by atoms with van der Waals surface area (Å²) in [6, 6.07) is 13.2. The van der Waals surface area contributed by atoms with E-state index in [1.54, 1.807) is 26.0 Å². The number of carbonyl (C=O) groups is 2. The molecule has 39 heavy (non-hydrogen) atoms. The lowest BCUT2D eigenvalue weighted by atomic mass is 10.0. The molecule has 0 spiro atoms. The lowest BCUT2D eigenvalue weighted by molar-refractivity contribution is -0.146. The predicted octanol–water partition coefficient (Wildman–Crippen LogP) is 5.57. The number of hydrogen-bond acceptors (Lipinski definition) is 6.